The monoisotopic (exact) mass is 447 g/mol. The number of piperidine rings is 1. The van der Waals surface area contributed by atoms with Gasteiger partial charge in [-0.2, -0.15) is 10.1 Å². The number of nitrogens with zero attached hydrogens (tertiary/aromatic N) is 6. The molecule has 33 heavy (non-hydrogen) atoms. The van der Waals surface area contributed by atoms with Crippen LogP contribution < -0.4 is 10.1 Å². The summed E-state index contributed by atoms with van der Waals surface area (Å²) in [5.74, 6) is 1.36. The zero-order chi connectivity index (χ0) is 22.6. The van der Waals surface area contributed by atoms with E-state index in [1.54, 1.807) is 14.0 Å². The first kappa shape index (κ1) is 20.3. The molecule has 0 unspecified atom stereocenters. The van der Waals surface area contributed by atoms with Gasteiger partial charge in [-0.15, -0.1) is 5.10 Å². The van der Waals surface area contributed by atoms with Gasteiger partial charge in [0.15, 0.2) is 0 Å². The first-order valence-corrected chi connectivity index (χ1v) is 11.7. The molecular weight excluding hydrogens is 418 g/mol. The van der Waals surface area contributed by atoms with Gasteiger partial charge in [0.1, 0.15) is 5.52 Å². The fourth-order valence-corrected chi connectivity index (χ4v) is 5.77. The minimum Gasteiger partial charge on any atom is -0.479 e. The van der Waals surface area contributed by atoms with Crippen LogP contribution in [0.25, 0.3) is 17.2 Å². The Balaban J connectivity index is 1.20. The number of methoxy groups -OCH3 is 1. The molecule has 1 amide bonds. The van der Waals surface area contributed by atoms with Crippen molar-refractivity contribution < 1.29 is 9.53 Å². The van der Waals surface area contributed by atoms with Crippen molar-refractivity contribution >= 4 is 29.0 Å². The third-order valence-electron chi connectivity index (χ3n) is 7.64. The summed E-state index contributed by atoms with van der Waals surface area (Å²) in [6.45, 7) is 4.28. The molecule has 9 heteroatoms. The van der Waals surface area contributed by atoms with Crippen LogP contribution >= 0.6 is 0 Å². The summed E-state index contributed by atoms with van der Waals surface area (Å²) < 4.78 is 9.59. The summed E-state index contributed by atoms with van der Waals surface area (Å²) in [6.07, 6.45) is 11.3. The minimum absolute atomic E-state index is 0.188. The van der Waals surface area contributed by atoms with Gasteiger partial charge in [0, 0.05) is 50.6 Å². The lowest BCUT2D eigenvalue weighted by molar-refractivity contribution is -0.132. The van der Waals surface area contributed by atoms with Crippen molar-refractivity contribution in [3.8, 4) is 5.88 Å². The number of rotatable bonds is 4. The second-order valence-electron chi connectivity index (χ2n) is 9.62. The van der Waals surface area contributed by atoms with E-state index in [2.05, 4.69) is 22.6 Å². The molecule has 9 nitrogen and oxygen atoms in total. The highest BCUT2D eigenvalue weighted by Crippen LogP contribution is 2.50. The molecule has 0 aromatic carbocycles. The lowest BCUT2D eigenvalue weighted by Gasteiger charge is -2.52. The van der Waals surface area contributed by atoms with E-state index < -0.39 is 0 Å². The molecule has 3 aliphatic rings. The number of carbonyl (C=O) groups is 1. The van der Waals surface area contributed by atoms with Crippen molar-refractivity contribution in [1.82, 2.24) is 29.3 Å². The largest absolute Gasteiger partial charge is 0.479 e. The highest BCUT2D eigenvalue weighted by Gasteiger charge is 2.46. The molecule has 3 aromatic heterocycles. The number of fused-ring (bicyclic) bond motifs is 2. The van der Waals surface area contributed by atoms with Crippen LogP contribution in [0.2, 0.25) is 0 Å². The SMILES string of the molecule is COc1nc(NC2CC3(CCN(C(C)=O)CC3)C2)nn2ccc(C3=Cc4ccnn4CC3)c12. The maximum atomic E-state index is 11.6. The summed E-state index contributed by atoms with van der Waals surface area (Å²) >= 11 is 0. The second-order valence-corrected chi connectivity index (χ2v) is 9.62. The maximum Gasteiger partial charge on any atom is 0.244 e. The van der Waals surface area contributed by atoms with Crippen LogP contribution in [0.1, 0.15) is 50.3 Å². The van der Waals surface area contributed by atoms with Gasteiger partial charge in [-0.3, -0.25) is 9.48 Å². The van der Waals surface area contributed by atoms with Gasteiger partial charge in [-0.1, -0.05) is 0 Å². The van der Waals surface area contributed by atoms with Crippen LogP contribution in [0, 0.1) is 5.41 Å². The molecule has 1 spiro atoms. The number of aryl methyl sites for hydroxylation is 1. The second kappa shape index (κ2) is 7.60. The standard InChI is InChI=1S/C24H29N7O2/c1-16(32)29-11-6-24(7-12-29)14-18(15-24)26-23-27-22(33-2)21-20(5-10-31(21)28-23)17-4-9-30-19(13-17)3-8-25-30/h3,5,8,10,13,18H,4,6-7,9,11-12,14-15H2,1-2H3,(H,26,28). The average Bonchev–Trinajstić information content (AvgIpc) is 3.44. The van der Waals surface area contributed by atoms with Crippen LogP contribution in [0.15, 0.2) is 24.5 Å². The Bertz CT molecular complexity index is 1240. The van der Waals surface area contributed by atoms with Gasteiger partial charge >= 0.3 is 0 Å². The zero-order valence-electron chi connectivity index (χ0n) is 19.1. The molecule has 1 saturated carbocycles. The number of anilines is 1. The van der Waals surface area contributed by atoms with Gasteiger partial charge in [-0.05, 0) is 61.3 Å². The Morgan fingerprint density at radius 3 is 2.79 bits per heavy atom. The number of ether oxygens (including phenoxy) is 1. The van der Waals surface area contributed by atoms with Crippen molar-refractivity contribution in [1.29, 1.82) is 0 Å². The molecule has 0 radical (unpaired) electrons. The summed E-state index contributed by atoms with van der Waals surface area (Å²) in [4.78, 5) is 18.3. The molecule has 1 aliphatic carbocycles. The average molecular weight is 448 g/mol. The molecule has 6 rings (SSSR count). The van der Waals surface area contributed by atoms with Gasteiger partial charge in [0.2, 0.25) is 17.7 Å². The Kier molecular flexibility index (Phi) is 4.67. The zero-order valence-corrected chi connectivity index (χ0v) is 19.1. The Hall–Kier alpha value is -3.36. The lowest BCUT2D eigenvalue weighted by Crippen LogP contribution is -2.52. The molecule has 2 fully saturated rings. The van der Waals surface area contributed by atoms with E-state index in [0.717, 1.165) is 68.5 Å². The van der Waals surface area contributed by atoms with Crippen LogP contribution in [0.4, 0.5) is 5.95 Å². The van der Waals surface area contributed by atoms with E-state index in [1.165, 1.54) is 5.57 Å². The molecule has 0 bridgehead atoms. The molecule has 0 atom stereocenters. The third kappa shape index (κ3) is 3.46. The van der Waals surface area contributed by atoms with E-state index in [9.17, 15) is 4.79 Å². The van der Waals surface area contributed by atoms with Crippen molar-refractivity contribution in [2.75, 3.05) is 25.5 Å². The quantitative estimate of drug-likeness (QED) is 0.661. The highest BCUT2D eigenvalue weighted by atomic mass is 16.5. The smallest absolute Gasteiger partial charge is 0.244 e. The molecular formula is C24H29N7O2. The van der Waals surface area contributed by atoms with Crippen molar-refractivity contribution in [3.05, 3.63) is 35.8 Å². The first-order valence-electron chi connectivity index (χ1n) is 11.7. The predicted octanol–water partition coefficient (Wildman–Crippen LogP) is 3.08. The van der Waals surface area contributed by atoms with E-state index in [4.69, 9.17) is 14.8 Å². The number of amides is 1. The number of nitrogens with one attached hydrogen (secondary N) is 1. The van der Waals surface area contributed by atoms with Crippen molar-refractivity contribution in [2.24, 2.45) is 5.41 Å². The van der Waals surface area contributed by atoms with E-state index in [1.807, 2.05) is 32.6 Å². The first-order chi connectivity index (χ1) is 16.0. The van der Waals surface area contributed by atoms with Crippen LogP contribution in [-0.4, -0.2) is 61.4 Å². The fraction of sp³-hybridized carbons (Fsp3) is 0.500. The van der Waals surface area contributed by atoms with Crippen LogP contribution in [0.5, 0.6) is 5.88 Å². The van der Waals surface area contributed by atoms with Crippen molar-refractivity contribution in [2.45, 2.75) is 51.6 Å². The van der Waals surface area contributed by atoms with E-state index in [0.29, 0.717) is 23.3 Å². The number of hydrogen-bond acceptors (Lipinski definition) is 6. The molecule has 172 valence electrons. The molecule has 1 saturated heterocycles. The lowest BCUT2D eigenvalue weighted by atomic mass is 9.60. The molecule has 3 aromatic rings. The summed E-state index contributed by atoms with van der Waals surface area (Å²) in [5.41, 5.74) is 4.71. The topological polar surface area (TPSA) is 89.6 Å². The maximum absolute atomic E-state index is 11.6. The Labute approximate surface area is 192 Å². The highest BCUT2D eigenvalue weighted by molar-refractivity contribution is 5.90. The number of hydrogen-bond donors (Lipinski definition) is 1. The van der Waals surface area contributed by atoms with Gasteiger partial charge in [-0.25, -0.2) is 4.52 Å². The number of allylic oxidation sites excluding steroid dienone is 1. The van der Waals surface area contributed by atoms with Crippen LogP contribution in [-0.2, 0) is 11.3 Å². The van der Waals surface area contributed by atoms with E-state index >= 15 is 0 Å². The number of aromatic nitrogens is 5. The number of carbonyl (C=O) groups excluding carboxylic acids is 1. The Morgan fingerprint density at radius 2 is 2.03 bits per heavy atom. The fourth-order valence-electron chi connectivity index (χ4n) is 5.77. The summed E-state index contributed by atoms with van der Waals surface area (Å²) in [7, 11) is 1.66. The third-order valence-corrected chi connectivity index (χ3v) is 7.64. The van der Waals surface area contributed by atoms with Gasteiger partial charge in [0.25, 0.3) is 0 Å². The normalized spacial score (nSPS) is 19.8. The van der Waals surface area contributed by atoms with E-state index in [-0.39, 0.29) is 5.91 Å². The molecule has 5 heterocycles. The molecule has 2 aliphatic heterocycles. The van der Waals surface area contributed by atoms with Crippen molar-refractivity contribution in [3.63, 3.8) is 0 Å². The Morgan fingerprint density at radius 1 is 1.21 bits per heavy atom. The number of likely N-dealkylation sites (tertiary alicyclic amines) is 1. The van der Waals surface area contributed by atoms with Crippen LogP contribution in [0.3, 0.4) is 0 Å². The molecule has 1 N–H and O–H groups in total. The minimum atomic E-state index is 0.188. The summed E-state index contributed by atoms with van der Waals surface area (Å²) in [6, 6.07) is 4.48. The van der Waals surface area contributed by atoms with Gasteiger partial charge in [0.05, 0.1) is 12.8 Å². The summed E-state index contributed by atoms with van der Waals surface area (Å²) in [5, 5.41) is 12.6. The predicted molar refractivity (Wildman–Crippen MR) is 125 cm³/mol. The van der Waals surface area contributed by atoms with Gasteiger partial charge < -0.3 is 15.0 Å².